The summed E-state index contributed by atoms with van der Waals surface area (Å²) >= 11 is 0. The Bertz CT molecular complexity index is 650. The molecule has 29 heavy (non-hydrogen) atoms. The third-order valence-corrected chi connectivity index (χ3v) is 6.68. The van der Waals surface area contributed by atoms with Crippen molar-refractivity contribution in [3.8, 4) is 11.8 Å². The van der Waals surface area contributed by atoms with Gasteiger partial charge in [0.2, 0.25) is 0 Å². The van der Waals surface area contributed by atoms with Crippen LogP contribution in [-0.4, -0.2) is 5.97 Å². The van der Waals surface area contributed by atoms with Crippen LogP contribution in [0.4, 0.5) is 0 Å². The first-order valence-electron chi connectivity index (χ1n) is 11.7. The number of carbonyl (C=O) groups is 1. The van der Waals surface area contributed by atoms with E-state index in [2.05, 4.69) is 39.0 Å². The minimum absolute atomic E-state index is 0.126. The zero-order valence-electron chi connectivity index (χ0n) is 18.7. The molecule has 0 saturated heterocycles. The van der Waals surface area contributed by atoms with Gasteiger partial charge in [-0.2, -0.15) is 5.26 Å². The number of carbonyl (C=O) groups excluding carboxylic acids is 1. The maximum absolute atomic E-state index is 12.0. The molecule has 0 N–H and O–H groups in total. The Kier molecular flexibility index (Phi) is 9.71. The van der Waals surface area contributed by atoms with Gasteiger partial charge in [-0.1, -0.05) is 65.0 Å². The van der Waals surface area contributed by atoms with E-state index in [-0.39, 0.29) is 11.4 Å². The van der Waals surface area contributed by atoms with Crippen LogP contribution in [0.3, 0.4) is 0 Å². The molecule has 0 radical (unpaired) electrons. The van der Waals surface area contributed by atoms with E-state index in [0.29, 0.717) is 24.0 Å². The smallest absolute Gasteiger partial charge is 0.311 e. The fourth-order valence-electron chi connectivity index (χ4n) is 4.54. The molecule has 0 amide bonds. The van der Waals surface area contributed by atoms with Gasteiger partial charge in [0.15, 0.2) is 0 Å². The second-order valence-electron chi connectivity index (χ2n) is 9.09. The Morgan fingerprint density at radius 3 is 2.38 bits per heavy atom. The lowest BCUT2D eigenvalue weighted by Crippen LogP contribution is -2.27. The number of hydrogen-bond acceptors (Lipinski definition) is 3. The Morgan fingerprint density at radius 1 is 1.14 bits per heavy atom. The van der Waals surface area contributed by atoms with Crippen LogP contribution in [0, 0.1) is 22.7 Å². The molecule has 1 aromatic rings. The lowest BCUT2D eigenvalue weighted by Gasteiger charge is -2.36. The highest BCUT2D eigenvalue weighted by molar-refractivity contribution is 5.72. The summed E-state index contributed by atoms with van der Waals surface area (Å²) in [5.41, 5.74) is 1.18. The molecule has 2 rings (SSSR count). The second-order valence-corrected chi connectivity index (χ2v) is 9.09. The van der Waals surface area contributed by atoms with E-state index in [1.807, 2.05) is 12.1 Å². The molecule has 1 aliphatic rings. The molecule has 0 aromatic heterocycles. The van der Waals surface area contributed by atoms with Crippen molar-refractivity contribution in [2.45, 2.75) is 104 Å². The summed E-state index contributed by atoms with van der Waals surface area (Å²) in [4.78, 5) is 12.0. The fraction of sp³-hybridized carbons (Fsp3) is 0.692. The Balaban J connectivity index is 1.80. The van der Waals surface area contributed by atoms with Crippen LogP contribution in [0.25, 0.3) is 0 Å². The topological polar surface area (TPSA) is 50.1 Å². The van der Waals surface area contributed by atoms with Gasteiger partial charge < -0.3 is 4.74 Å². The molecule has 0 unspecified atom stereocenters. The molecule has 0 aliphatic heterocycles. The number of unbranched alkanes of at least 4 members (excludes halogenated alkanes) is 4. The third kappa shape index (κ3) is 7.50. The van der Waals surface area contributed by atoms with Crippen molar-refractivity contribution < 1.29 is 9.53 Å². The van der Waals surface area contributed by atoms with Crippen molar-refractivity contribution in [1.29, 1.82) is 5.26 Å². The van der Waals surface area contributed by atoms with E-state index in [1.165, 1.54) is 24.8 Å². The number of hydrogen-bond donors (Lipinski definition) is 0. The highest BCUT2D eigenvalue weighted by Crippen LogP contribution is 2.46. The number of nitrogens with zero attached hydrogens (tertiary/aromatic N) is 1. The van der Waals surface area contributed by atoms with Gasteiger partial charge in [0.1, 0.15) is 5.75 Å². The van der Waals surface area contributed by atoms with Crippen molar-refractivity contribution >= 4 is 5.97 Å². The Morgan fingerprint density at radius 2 is 1.79 bits per heavy atom. The highest BCUT2D eigenvalue weighted by Gasteiger charge is 2.36. The molecule has 1 aromatic carbocycles. The number of esters is 1. The van der Waals surface area contributed by atoms with Gasteiger partial charge in [-0.3, -0.25) is 4.79 Å². The van der Waals surface area contributed by atoms with Gasteiger partial charge in [-0.15, -0.1) is 0 Å². The van der Waals surface area contributed by atoms with Crippen LogP contribution >= 0.6 is 0 Å². The first kappa shape index (κ1) is 23.5. The number of benzene rings is 1. The van der Waals surface area contributed by atoms with Gasteiger partial charge in [-0.25, -0.2) is 0 Å². The highest BCUT2D eigenvalue weighted by atomic mass is 16.5. The normalized spacial score (nSPS) is 22.6. The van der Waals surface area contributed by atoms with Gasteiger partial charge in [0.05, 0.1) is 11.5 Å². The van der Waals surface area contributed by atoms with Crippen molar-refractivity contribution in [2.24, 2.45) is 11.3 Å². The maximum Gasteiger partial charge on any atom is 0.311 e. The van der Waals surface area contributed by atoms with Crippen molar-refractivity contribution in [3.05, 3.63) is 29.8 Å². The molecule has 3 nitrogen and oxygen atoms in total. The molecular weight excluding hydrogens is 358 g/mol. The summed E-state index contributed by atoms with van der Waals surface area (Å²) in [6, 6.07) is 10.7. The molecule has 0 bridgehead atoms. The lowest BCUT2D eigenvalue weighted by atomic mass is 9.66. The lowest BCUT2D eigenvalue weighted by molar-refractivity contribution is -0.134. The predicted molar refractivity (Wildman–Crippen MR) is 119 cm³/mol. The number of nitriles is 1. The quantitative estimate of drug-likeness (QED) is 0.220. The van der Waals surface area contributed by atoms with Gasteiger partial charge in [-0.05, 0) is 68.1 Å². The van der Waals surface area contributed by atoms with E-state index >= 15 is 0 Å². The largest absolute Gasteiger partial charge is 0.427 e. The van der Waals surface area contributed by atoms with Crippen molar-refractivity contribution in [2.75, 3.05) is 0 Å². The Hall–Kier alpha value is -1.82. The summed E-state index contributed by atoms with van der Waals surface area (Å²) in [6.45, 7) is 6.66. The van der Waals surface area contributed by atoms with Crippen LogP contribution in [0.5, 0.6) is 5.75 Å². The molecule has 0 spiro atoms. The molecule has 3 heteroatoms. The first-order chi connectivity index (χ1) is 14.0. The third-order valence-electron chi connectivity index (χ3n) is 6.68. The minimum Gasteiger partial charge on any atom is -0.427 e. The van der Waals surface area contributed by atoms with Crippen LogP contribution in [0.15, 0.2) is 24.3 Å². The first-order valence-corrected chi connectivity index (χ1v) is 11.7. The van der Waals surface area contributed by atoms with E-state index in [0.717, 1.165) is 51.4 Å². The zero-order valence-corrected chi connectivity index (χ0v) is 18.7. The van der Waals surface area contributed by atoms with Crippen LogP contribution in [0.2, 0.25) is 0 Å². The maximum atomic E-state index is 12.0. The van der Waals surface area contributed by atoms with E-state index in [4.69, 9.17) is 4.74 Å². The summed E-state index contributed by atoms with van der Waals surface area (Å²) in [7, 11) is 0. The zero-order chi connectivity index (χ0) is 21.1. The summed E-state index contributed by atoms with van der Waals surface area (Å²) < 4.78 is 5.49. The van der Waals surface area contributed by atoms with Crippen LogP contribution in [0.1, 0.15) is 109 Å². The van der Waals surface area contributed by atoms with Crippen LogP contribution in [-0.2, 0) is 4.79 Å². The SMILES string of the molecule is CCCCCCCC(=O)Oc1ccc([C@H]2CC[C@@](C#N)(C[C@H](C)CC)CC2)cc1. The standard InChI is InChI=1S/C26H39NO2/c1-4-6-7-8-9-10-25(28)29-24-13-11-22(12-14-24)23-15-17-26(20-27,18-16-23)19-21(3)5-2/h11-14,21,23H,4-10,15-19H2,1-3H3/t21-,23-,26-/m1/s1. The average molecular weight is 398 g/mol. The molecule has 1 fully saturated rings. The van der Waals surface area contributed by atoms with Gasteiger partial charge >= 0.3 is 5.97 Å². The van der Waals surface area contributed by atoms with Crippen molar-refractivity contribution in [3.63, 3.8) is 0 Å². The molecular formula is C26H39NO2. The summed E-state index contributed by atoms with van der Waals surface area (Å²) in [5, 5.41) is 9.77. The second kappa shape index (κ2) is 12.0. The average Bonchev–Trinajstić information content (AvgIpc) is 2.74. The molecule has 0 heterocycles. The van der Waals surface area contributed by atoms with Crippen molar-refractivity contribution in [1.82, 2.24) is 0 Å². The monoisotopic (exact) mass is 397 g/mol. The predicted octanol–water partition coefficient (Wildman–Crippen LogP) is 7.56. The summed E-state index contributed by atoms with van der Waals surface area (Å²) in [5.74, 6) is 1.64. The molecule has 1 atom stereocenters. The molecule has 1 saturated carbocycles. The fourth-order valence-corrected chi connectivity index (χ4v) is 4.54. The van der Waals surface area contributed by atoms with E-state index in [9.17, 15) is 10.1 Å². The summed E-state index contributed by atoms with van der Waals surface area (Å²) in [6.07, 6.45) is 12.5. The number of ether oxygens (including phenoxy) is 1. The Labute approximate surface area is 177 Å². The van der Waals surface area contributed by atoms with E-state index < -0.39 is 0 Å². The number of rotatable bonds is 11. The molecule has 1 aliphatic carbocycles. The minimum atomic E-state index is -0.129. The molecule has 160 valence electrons. The van der Waals surface area contributed by atoms with Crippen LogP contribution < -0.4 is 4.74 Å². The van der Waals surface area contributed by atoms with Gasteiger partial charge in [0.25, 0.3) is 0 Å². The van der Waals surface area contributed by atoms with E-state index in [1.54, 1.807) is 0 Å². The van der Waals surface area contributed by atoms with Gasteiger partial charge in [0, 0.05) is 6.42 Å².